The second-order valence-corrected chi connectivity index (χ2v) is 5.78. The summed E-state index contributed by atoms with van der Waals surface area (Å²) in [6.07, 6.45) is 0. The first-order valence-electron chi connectivity index (χ1n) is 5.48. The van der Waals surface area contributed by atoms with Crippen LogP contribution in [0.3, 0.4) is 0 Å². The van der Waals surface area contributed by atoms with Crippen LogP contribution in [0, 0.1) is 3.57 Å². The molecule has 0 fully saturated rings. The zero-order valence-electron chi connectivity index (χ0n) is 10.6. The molecule has 1 atom stereocenters. The molecule has 0 saturated heterocycles. The van der Waals surface area contributed by atoms with Crippen LogP contribution in [0.15, 0.2) is 24.3 Å². The van der Waals surface area contributed by atoms with Crippen LogP contribution in [0.5, 0.6) is 0 Å². The number of carbonyl (C=O) groups excluding carboxylic acids is 1. The number of rotatable bonds is 4. The lowest BCUT2D eigenvalue weighted by molar-refractivity contribution is -0.147. The van der Waals surface area contributed by atoms with Crippen molar-refractivity contribution in [3.63, 3.8) is 0 Å². The zero-order valence-corrected chi connectivity index (χ0v) is 12.7. The maximum absolute atomic E-state index is 11.6. The molecule has 1 aromatic rings. The Labute approximate surface area is 116 Å². The van der Waals surface area contributed by atoms with Gasteiger partial charge in [0.1, 0.15) is 5.54 Å². The van der Waals surface area contributed by atoms with Crippen LogP contribution in [0.25, 0.3) is 0 Å². The highest BCUT2D eigenvalue weighted by molar-refractivity contribution is 14.1. The first-order valence-corrected chi connectivity index (χ1v) is 6.56. The van der Waals surface area contributed by atoms with Crippen LogP contribution in [-0.4, -0.2) is 18.6 Å². The standard InChI is InChI=1S/C13H18INO2/c1-9(10-5-7-11(14)8-6-10)15-13(2,3)12(16)17-4/h5-9,15H,1-4H3. The third kappa shape index (κ3) is 3.96. The van der Waals surface area contributed by atoms with Crippen molar-refractivity contribution >= 4 is 28.6 Å². The van der Waals surface area contributed by atoms with Crippen LogP contribution in [-0.2, 0) is 9.53 Å². The van der Waals surface area contributed by atoms with Crippen LogP contribution in [0.1, 0.15) is 32.4 Å². The number of hydrogen-bond donors (Lipinski definition) is 1. The number of esters is 1. The lowest BCUT2D eigenvalue weighted by atomic mass is 10.0. The number of nitrogens with one attached hydrogen (secondary N) is 1. The zero-order chi connectivity index (χ0) is 13.1. The molecule has 17 heavy (non-hydrogen) atoms. The Balaban J connectivity index is 2.75. The van der Waals surface area contributed by atoms with Gasteiger partial charge in [0.25, 0.3) is 0 Å². The molecule has 1 aromatic carbocycles. The summed E-state index contributed by atoms with van der Waals surface area (Å²) >= 11 is 2.27. The smallest absolute Gasteiger partial charge is 0.325 e. The molecule has 0 saturated carbocycles. The fourth-order valence-corrected chi connectivity index (χ4v) is 2.05. The second-order valence-electron chi connectivity index (χ2n) is 4.53. The Morgan fingerprint density at radius 2 is 1.88 bits per heavy atom. The molecule has 0 amide bonds. The van der Waals surface area contributed by atoms with Crippen molar-refractivity contribution < 1.29 is 9.53 Å². The highest BCUT2D eigenvalue weighted by atomic mass is 127. The molecule has 0 heterocycles. The minimum Gasteiger partial charge on any atom is -0.468 e. The van der Waals surface area contributed by atoms with Gasteiger partial charge in [-0.3, -0.25) is 10.1 Å². The van der Waals surface area contributed by atoms with Gasteiger partial charge in [0.15, 0.2) is 0 Å². The summed E-state index contributed by atoms with van der Waals surface area (Å²) in [5, 5.41) is 3.27. The minimum absolute atomic E-state index is 0.0982. The first kappa shape index (κ1) is 14.4. The van der Waals surface area contributed by atoms with E-state index in [9.17, 15) is 4.79 Å². The third-order valence-electron chi connectivity index (χ3n) is 2.64. The van der Waals surface area contributed by atoms with E-state index in [1.807, 2.05) is 20.8 Å². The molecule has 1 N–H and O–H groups in total. The van der Waals surface area contributed by atoms with Crippen LogP contribution < -0.4 is 5.32 Å². The Hall–Kier alpha value is -0.620. The summed E-state index contributed by atoms with van der Waals surface area (Å²) in [6.45, 7) is 5.68. The van der Waals surface area contributed by atoms with Crippen molar-refractivity contribution in [2.24, 2.45) is 0 Å². The van der Waals surface area contributed by atoms with E-state index in [-0.39, 0.29) is 12.0 Å². The van der Waals surface area contributed by atoms with Crippen LogP contribution in [0.4, 0.5) is 0 Å². The molecule has 1 unspecified atom stereocenters. The molecular weight excluding hydrogens is 329 g/mol. The predicted molar refractivity (Wildman–Crippen MR) is 76.8 cm³/mol. The Bertz CT molecular complexity index is 387. The molecule has 0 aliphatic heterocycles. The molecule has 0 bridgehead atoms. The lowest BCUT2D eigenvalue weighted by Crippen LogP contribution is -2.48. The van der Waals surface area contributed by atoms with Crippen molar-refractivity contribution in [3.05, 3.63) is 33.4 Å². The topological polar surface area (TPSA) is 38.3 Å². The van der Waals surface area contributed by atoms with Crippen molar-refractivity contribution in [1.82, 2.24) is 5.32 Å². The number of benzene rings is 1. The van der Waals surface area contributed by atoms with Gasteiger partial charge >= 0.3 is 5.97 Å². The van der Waals surface area contributed by atoms with Gasteiger partial charge in [-0.05, 0) is 61.1 Å². The third-order valence-corrected chi connectivity index (χ3v) is 3.36. The SMILES string of the molecule is COC(=O)C(C)(C)NC(C)c1ccc(I)cc1. The summed E-state index contributed by atoms with van der Waals surface area (Å²) in [5.74, 6) is -0.255. The summed E-state index contributed by atoms with van der Waals surface area (Å²) in [4.78, 5) is 11.6. The van der Waals surface area contributed by atoms with Gasteiger partial charge in [0.2, 0.25) is 0 Å². The van der Waals surface area contributed by atoms with Crippen molar-refractivity contribution in [3.8, 4) is 0 Å². The predicted octanol–water partition coefficient (Wildman–Crippen LogP) is 2.89. The second kappa shape index (κ2) is 5.82. The maximum Gasteiger partial charge on any atom is 0.325 e. The number of hydrogen-bond acceptors (Lipinski definition) is 3. The van der Waals surface area contributed by atoms with Gasteiger partial charge in [-0.15, -0.1) is 0 Å². The molecule has 0 radical (unpaired) electrons. The quantitative estimate of drug-likeness (QED) is 0.672. The van der Waals surface area contributed by atoms with E-state index in [1.54, 1.807) is 0 Å². The highest BCUT2D eigenvalue weighted by Gasteiger charge is 2.30. The van der Waals surface area contributed by atoms with Crippen molar-refractivity contribution in [2.45, 2.75) is 32.4 Å². The summed E-state index contributed by atoms with van der Waals surface area (Å²) in [5.41, 5.74) is 0.472. The van der Waals surface area contributed by atoms with Gasteiger partial charge in [-0.2, -0.15) is 0 Å². The average molecular weight is 347 g/mol. The van der Waals surface area contributed by atoms with Gasteiger partial charge in [-0.1, -0.05) is 12.1 Å². The lowest BCUT2D eigenvalue weighted by Gasteiger charge is -2.27. The summed E-state index contributed by atoms with van der Waals surface area (Å²) in [7, 11) is 1.40. The minimum atomic E-state index is -0.683. The summed E-state index contributed by atoms with van der Waals surface area (Å²) < 4.78 is 5.97. The molecule has 1 rings (SSSR count). The fourth-order valence-electron chi connectivity index (χ4n) is 1.69. The van der Waals surface area contributed by atoms with E-state index < -0.39 is 5.54 Å². The normalized spacial score (nSPS) is 13.2. The molecule has 0 spiro atoms. The monoisotopic (exact) mass is 347 g/mol. The van der Waals surface area contributed by atoms with Crippen molar-refractivity contribution in [1.29, 1.82) is 0 Å². The Morgan fingerprint density at radius 3 is 2.35 bits per heavy atom. The van der Waals surface area contributed by atoms with Gasteiger partial charge in [0.05, 0.1) is 7.11 Å². The van der Waals surface area contributed by atoms with E-state index in [0.29, 0.717) is 0 Å². The Kier molecular flexibility index (Phi) is 4.94. The fraction of sp³-hybridized carbons (Fsp3) is 0.462. The molecule has 3 nitrogen and oxygen atoms in total. The number of methoxy groups -OCH3 is 1. The van der Waals surface area contributed by atoms with Gasteiger partial charge in [-0.25, -0.2) is 0 Å². The maximum atomic E-state index is 11.6. The highest BCUT2D eigenvalue weighted by Crippen LogP contribution is 2.18. The van der Waals surface area contributed by atoms with E-state index in [0.717, 1.165) is 5.56 Å². The average Bonchev–Trinajstić information content (AvgIpc) is 2.28. The van der Waals surface area contributed by atoms with E-state index in [1.165, 1.54) is 10.7 Å². The Morgan fingerprint density at radius 1 is 1.35 bits per heavy atom. The van der Waals surface area contributed by atoms with Gasteiger partial charge < -0.3 is 4.74 Å². The first-order chi connectivity index (χ1) is 7.86. The van der Waals surface area contributed by atoms with E-state index in [4.69, 9.17) is 4.74 Å². The van der Waals surface area contributed by atoms with Gasteiger partial charge in [0, 0.05) is 9.61 Å². The molecular formula is C13H18INO2. The van der Waals surface area contributed by atoms with Crippen LogP contribution >= 0.6 is 22.6 Å². The number of carbonyl (C=O) groups is 1. The van der Waals surface area contributed by atoms with E-state index >= 15 is 0 Å². The number of ether oxygens (including phenoxy) is 1. The largest absolute Gasteiger partial charge is 0.468 e. The van der Waals surface area contributed by atoms with Crippen molar-refractivity contribution in [2.75, 3.05) is 7.11 Å². The number of halogens is 1. The molecule has 0 aliphatic rings. The molecule has 0 aromatic heterocycles. The molecule has 0 aliphatic carbocycles. The molecule has 4 heteroatoms. The molecule has 94 valence electrons. The van der Waals surface area contributed by atoms with E-state index in [2.05, 4.69) is 52.2 Å². The summed E-state index contributed by atoms with van der Waals surface area (Å²) in [6, 6.07) is 8.33. The van der Waals surface area contributed by atoms with Crippen LogP contribution in [0.2, 0.25) is 0 Å².